The molecule has 1 aromatic heterocycles. The molecular weight excluding hydrogens is 270 g/mol. The summed E-state index contributed by atoms with van der Waals surface area (Å²) in [4.78, 5) is 22.9. The quantitative estimate of drug-likeness (QED) is 0.752. The van der Waals surface area contributed by atoms with Gasteiger partial charge in [0.1, 0.15) is 0 Å². The first kappa shape index (κ1) is 14.8. The Morgan fingerprint density at radius 3 is 2.76 bits per heavy atom. The lowest BCUT2D eigenvalue weighted by atomic mass is 10.0. The highest BCUT2D eigenvalue weighted by Gasteiger charge is 2.11. The molecule has 0 aliphatic rings. The Morgan fingerprint density at radius 1 is 1.24 bits per heavy atom. The third-order valence-electron chi connectivity index (χ3n) is 3.04. The van der Waals surface area contributed by atoms with Crippen LogP contribution in [0.2, 0.25) is 0 Å². The van der Waals surface area contributed by atoms with E-state index in [1.165, 1.54) is 6.07 Å². The van der Waals surface area contributed by atoms with Crippen molar-refractivity contribution in [2.45, 2.75) is 19.4 Å². The van der Waals surface area contributed by atoms with Crippen LogP contribution >= 0.6 is 0 Å². The monoisotopic (exact) mass is 287 g/mol. The maximum Gasteiger partial charge on any atom is 0.335 e. The summed E-state index contributed by atoms with van der Waals surface area (Å²) in [6.07, 6.45) is 4.42. The second-order valence-corrected chi connectivity index (χ2v) is 4.61. The summed E-state index contributed by atoms with van der Waals surface area (Å²) in [6, 6.07) is 8.39. The van der Waals surface area contributed by atoms with Gasteiger partial charge in [-0.3, -0.25) is 9.48 Å². The lowest BCUT2D eigenvalue weighted by Crippen LogP contribution is -2.27. The fourth-order valence-corrected chi connectivity index (χ4v) is 2.02. The van der Waals surface area contributed by atoms with Crippen LogP contribution in [0.4, 0.5) is 0 Å². The van der Waals surface area contributed by atoms with Crippen LogP contribution in [0.25, 0.3) is 0 Å². The Balaban J connectivity index is 1.78. The van der Waals surface area contributed by atoms with Gasteiger partial charge in [-0.15, -0.1) is 0 Å². The molecule has 21 heavy (non-hydrogen) atoms. The highest BCUT2D eigenvalue weighted by molar-refractivity contribution is 5.91. The third-order valence-corrected chi connectivity index (χ3v) is 3.04. The van der Waals surface area contributed by atoms with E-state index in [-0.39, 0.29) is 17.9 Å². The molecule has 0 saturated heterocycles. The largest absolute Gasteiger partial charge is 0.478 e. The second-order valence-electron chi connectivity index (χ2n) is 4.61. The molecule has 1 amide bonds. The number of amides is 1. The van der Waals surface area contributed by atoms with Crippen molar-refractivity contribution in [1.82, 2.24) is 15.1 Å². The normalized spacial score (nSPS) is 10.3. The van der Waals surface area contributed by atoms with E-state index < -0.39 is 5.97 Å². The van der Waals surface area contributed by atoms with Crippen LogP contribution in [0.15, 0.2) is 42.7 Å². The molecule has 0 aliphatic carbocycles. The number of aromatic nitrogens is 2. The molecule has 110 valence electrons. The number of rotatable bonds is 7. The molecule has 2 N–H and O–H groups in total. The number of nitrogens with zero attached hydrogens (tertiary/aromatic N) is 2. The smallest absolute Gasteiger partial charge is 0.335 e. The minimum atomic E-state index is -1.02. The first-order valence-electron chi connectivity index (χ1n) is 6.72. The summed E-state index contributed by atoms with van der Waals surface area (Å²) in [6.45, 7) is 1.27. The third kappa shape index (κ3) is 4.45. The average molecular weight is 287 g/mol. The summed E-state index contributed by atoms with van der Waals surface area (Å²) in [7, 11) is 0. The lowest BCUT2D eigenvalue weighted by molar-refractivity contribution is -0.120. The number of carbonyl (C=O) groups is 2. The molecule has 1 heterocycles. The van der Waals surface area contributed by atoms with Crippen LogP contribution < -0.4 is 5.32 Å². The molecule has 0 saturated carbocycles. The van der Waals surface area contributed by atoms with E-state index in [0.717, 1.165) is 13.0 Å². The molecule has 2 aromatic rings. The van der Waals surface area contributed by atoms with Gasteiger partial charge in [0.05, 0.1) is 12.0 Å². The molecular formula is C15H17N3O3. The molecule has 1 aromatic carbocycles. The highest BCUT2D eigenvalue weighted by Crippen LogP contribution is 2.09. The van der Waals surface area contributed by atoms with Crippen molar-refractivity contribution < 1.29 is 14.7 Å². The topological polar surface area (TPSA) is 84.2 Å². The lowest BCUT2D eigenvalue weighted by Gasteiger charge is -2.07. The zero-order chi connectivity index (χ0) is 15.1. The molecule has 2 rings (SSSR count). The maximum absolute atomic E-state index is 11.8. The van der Waals surface area contributed by atoms with Gasteiger partial charge in [-0.25, -0.2) is 4.79 Å². The van der Waals surface area contributed by atoms with Gasteiger partial charge in [-0.05, 0) is 24.1 Å². The minimum Gasteiger partial charge on any atom is -0.478 e. The average Bonchev–Trinajstić information content (AvgIpc) is 2.97. The maximum atomic E-state index is 11.8. The van der Waals surface area contributed by atoms with Gasteiger partial charge < -0.3 is 10.4 Å². The summed E-state index contributed by atoms with van der Waals surface area (Å²) in [5.41, 5.74) is 0.693. The Bertz CT molecular complexity index is 608. The standard InChI is InChI=1S/C15H17N3O3/c19-14(16-7-3-9-18-10-4-8-17-18)11-12-5-1-2-6-13(12)15(20)21/h1-2,4-6,8,10H,3,7,9,11H2,(H,16,19)(H,20,21). The van der Waals surface area contributed by atoms with E-state index in [1.54, 1.807) is 29.1 Å². The molecule has 0 bridgehead atoms. The Kier molecular flexibility index (Phi) is 5.09. The van der Waals surface area contributed by atoms with Gasteiger partial charge in [0.15, 0.2) is 0 Å². The molecule has 0 aliphatic heterocycles. The summed E-state index contributed by atoms with van der Waals surface area (Å²) in [5.74, 6) is -1.19. The van der Waals surface area contributed by atoms with Crippen molar-refractivity contribution in [3.8, 4) is 0 Å². The number of carbonyl (C=O) groups excluding carboxylic acids is 1. The molecule has 6 heteroatoms. The summed E-state index contributed by atoms with van der Waals surface area (Å²) < 4.78 is 1.80. The first-order valence-corrected chi connectivity index (χ1v) is 6.72. The van der Waals surface area contributed by atoms with Crippen LogP contribution in [0.1, 0.15) is 22.3 Å². The first-order chi connectivity index (χ1) is 10.2. The number of carboxylic acids is 1. The van der Waals surface area contributed by atoms with Gasteiger partial charge in [0, 0.05) is 25.5 Å². The van der Waals surface area contributed by atoms with Crippen molar-refractivity contribution in [2.75, 3.05) is 6.54 Å². The number of aromatic carboxylic acids is 1. The number of hydrogen-bond acceptors (Lipinski definition) is 3. The molecule has 0 unspecified atom stereocenters. The number of aryl methyl sites for hydroxylation is 1. The molecule has 0 spiro atoms. The van der Waals surface area contributed by atoms with Gasteiger partial charge in [0.25, 0.3) is 0 Å². The Labute approximate surface area is 122 Å². The number of benzene rings is 1. The predicted molar refractivity (Wildman–Crippen MR) is 77.0 cm³/mol. The zero-order valence-electron chi connectivity index (χ0n) is 11.5. The van der Waals surface area contributed by atoms with E-state index >= 15 is 0 Å². The fraction of sp³-hybridized carbons (Fsp3) is 0.267. The van der Waals surface area contributed by atoms with Crippen molar-refractivity contribution in [3.63, 3.8) is 0 Å². The van der Waals surface area contributed by atoms with Gasteiger partial charge in [-0.2, -0.15) is 5.10 Å². The summed E-state index contributed by atoms with van der Waals surface area (Å²) in [5, 5.41) is 15.9. The van der Waals surface area contributed by atoms with Crippen molar-refractivity contribution in [2.24, 2.45) is 0 Å². The van der Waals surface area contributed by atoms with Gasteiger partial charge >= 0.3 is 5.97 Å². The van der Waals surface area contributed by atoms with Crippen molar-refractivity contribution in [3.05, 3.63) is 53.9 Å². The van der Waals surface area contributed by atoms with E-state index in [1.807, 2.05) is 12.3 Å². The van der Waals surface area contributed by atoms with Crippen molar-refractivity contribution >= 4 is 11.9 Å². The molecule has 0 radical (unpaired) electrons. The van der Waals surface area contributed by atoms with E-state index in [4.69, 9.17) is 5.11 Å². The van der Waals surface area contributed by atoms with Crippen LogP contribution in [0, 0.1) is 0 Å². The molecule has 6 nitrogen and oxygen atoms in total. The second kappa shape index (κ2) is 7.23. The number of nitrogens with one attached hydrogen (secondary N) is 1. The van der Waals surface area contributed by atoms with E-state index in [9.17, 15) is 9.59 Å². The Morgan fingerprint density at radius 2 is 2.05 bits per heavy atom. The van der Waals surface area contributed by atoms with E-state index in [0.29, 0.717) is 12.1 Å². The summed E-state index contributed by atoms with van der Waals surface area (Å²) >= 11 is 0. The SMILES string of the molecule is O=C(Cc1ccccc1C(=O)O)NCCCn1cccn1. The number of hydrogen-bond donors (Lipinski definition) is 2. The predicted octanol–water partition coefficient (Wildman–Crippen LogP) is 1.33. The highest BCUT2D eigenvalue weighted by atomic mass is 16.4. The van der Waals surface area contributed by atoms with Crippen LogP contribution in [0.5, 0.6) is 0 Å². The van der Waals surface area contributed by atoms with Crippen LogP contribution in [-0.4, -0.2) is 33.3 Å². The van der Waals surface area contributed by atoms with Gasteiger partial charge in [-0.1, -0.05) is 18.2 Å². The van der Waals surface area contributed by atoms with Crippen molar-refractivity contribution in [1.29, 1.82) is 0 Å². The zero-order valence-corrected chi connectivity index (χ0v) is 11.5. The minimum absolute atomic E-state index is 0.0737. The number of carboxylic acid groups (broad SMARTS) is 1. The van der Waals surface area contributed by atoms with Gasteiger partial charge in [0.2, 0.25) is 5.91 Å². The van der Waals surface area contributed by atoms with E-state index in [2.05, 4.69) is 10.4 Å². The fourth-order valence-electron chi connectivity index (χ4n) is 2.02. The Hall–Kier alpha value is -2.63. The van der Waals surface area contributed by atoms with Crippen LogP contribution in [-0.2, 0) is 17.8 Å². The van der Waals surface area contributed by atoms with Crippen LogP contribution in [0.3, 0.4) is 0 Å². The molecule has 0 fully saturated rings. The molecule has 0 atom stereocenters.